The molecular weight excluding hydrogens is 252 g/mol. The minimum absolute atomic E-state index is 0.0376. The number of hydrogen-bond acceptors (Lipinski definition) is 4. The Morgan fingerprint density at radius 2 is 1.80 bits per heavy atom. The van der Waals surface area contributed by atoms with E-state index in [9.17, 15) is 4.79 Å². The fourth-order valence-corrected chi connectivity index (χ4v) is 3.62. The SMILES string of the molecule is CCCC(CCC)C(N)[C@@H]1C[C@@H](C(=O)OCC)C[C@H]1N. The van der Waals surface area contributed by atoms with E-state index in [0.29, 0.717) is 12.5 Å². The van der Waals surface area contributed by atoms with Crippen molar-refractivity contribution in [2.75, 3.05) is 6.61 Å². The van der Waals surface area contributed by atoms with E-state index in [0.717, 1.165) is 38.5 Å². The maximum Gasteiger partial charge on any atom is 0.308 e. The van der Waals surface area contributed by atoms with Crippen molar-refractivity contribution in [3.63, 3.8) is 0 Å². The van der Waals surface area contributed by atoms with Crippen LogP contribution in [0.1, 0.15) is 59.3 Å². The predicted molar refractivity (Wildman–Crippen MR) is 82.1 cm³/mol. The Labute approximate surface area is 123 Å². The molecule has 1 fully saturated rings. The number of hydrogen-bond donors (Lipinski definition) is 2. The molecule has 1 aliphatic rings. The Kier molecular flexibility index (Phi) is 7.52. The molecule has 1 saturated carbocycles. The predicted octanol–water partition coefficient (Wildman–Crippen LogP) is 2.45. The van der Waals surface area contributed by atoms with Crippen LogP contribution in [0, 0.1) is 17.8 Å². The summed E-state index contributed by atoms with van der Waals surface area (Å²) in [7, 11) is 0. The summed E-state index contributed by atoms with van der Waals surface area (Å²) < 4.78 is 5.12. The van der Waals surface area contributed by atoms with Gasteiger partial charge in [-0.15, -0.1) is 0 Å². The van der Waals surface area contributed by atoms with Gasteiger partial charge in [0.2, 0.25) is 0 Å². The lowest BCUT2D eigenvalue weighted by molar-refractivity contribution is -0.147. The van der Waals surface area contributed by atoms with Crippen LogP contribution in [0.2, 0.25) is 0 Å². The zero-order valence-corrected chi connectivity index (χ0v) is 13.3. The molecule has 1 unspecified atom stereocenters. The summed E-state index contributed by atoms with van der Waals surface area (Å²) in [4.78, 5) is 11.9. The molecule has 20 heavy (non-hydrogen) atoms. The second kappa shape index (κ2) is 8.63. The molecule has 4 nitrogen and oxygen atoms in total. The molecule has 4 N–H and O–H groups in total. The van der Waals surface area contributed by atoms with Crippen LogP contribution in [0.15, 0.2) is 0 Å². The van der Waals surface area contributed by atoms with E-state index >= 15 is 0 Å². The molecule has 4 heteroatoms. The van der Waals surface area contributed by atoms with E-state index in [1.54, 1.807) is 0 Å². The third kappa shape index (κ3) is 4.45. The van der Waals surface area contributed by atoms with E-state index in [2.05, 4.69) is 13.8 Å². The first kappa shape index (κ1) is 17.4. The van der Waals surface area contributed by atoms with Crippen LogP contribution in [0.5, 0.6) is 0 Å². The maximum atomic E-state index is 11.9. The highest BCUT2D eigenvalue weighted by atomic mass is 16.5. The summed E-state index contributed by atoms with van der Waals surface area (Å²) in [6, 6.07) is 0.153. The quantitative estimate of drug-likeness (QED) is 0.671. The molecule has 0 heterocycles. The molecule has 4 atom stereocenters. The molecule has 1 aliphatic carbocycles. The summed E-state index contributed by atoms with van der Waals surface area (Å²) in [6.07, 6.45) is 6.14. The molecule has 0 radical (unpaired) electrons. The fraction of sp³-hybridized carbons (Fsp3) is 0.938. The molecule has 118 valence electrons. The van der Waals surface area contributed by atoms with E-state index < -0.39 is 0 Å². The largest absolute Gasteiger partial charge is 0.466 e. The highest BCUT2D eigenvalue weighted by molar-refractivity contribution is 5.73. The van der Waals surface area contributed by atoms with Gasteiger partial charge in [0.05, 0.1) is 12.5 Å². The summed E-state index contributed by atoms with van der Waals surface area (Å²) >= 11 is 0. The first-order valence-electron chi connectivity index (χ1n) is 8.22. The molecular formula is C16H32N2O2. The summed E-state index contributed by atoms with van der Waals surface area (Å²) in [6.45, 7) is 6.68. The molecule has 0 aromatic heterocycles. The van der Waals surface area contributed by atoms with Gasteiger partial charge < -0.3 is 16.2 Å². The zero-order chi connectivity index (χ0) is 15.1. The van der Waals surface area contributed by atoms with E-state index in [1.807, 2.05) is 6.92 Å². The topological polar surface area (TPSA) is 78.3 Å². The third-order valence-electron chi connectivity index (χ3n) is 4.64. The number of carbonyl (C=O) groups excluding carboxylic acids is 1. The van der Waals surface area contributed by atoms with E-state index in [-0.39, 0.29) is 29.9 Å². The third-order valence-corrected chi connectivity index (χ3v) is 4.64. The van der Waals surface area contributed by atoms with E-state index in [1.165, 1.54) is 0 Å². The Morgan fingerprint density at radius 3 is 2.30 bits per heavy atom. The van der Waals surface area contributed by atoms with Crippen LogP contribution in [-0.4, -0.2) is 24.7 Å². The van der Waals surface area contributed by atoms with Gasteiger partial charge in [-0.3, -0.25) is 4.79 Å². The average Bonchev–Trinajstić information content (AvgIpc) is 2.80. The Bertz CT molecular complexity index is 290. The minimum Gasteiger partial charge on any atom is -0.466 e. The molecule has 0 saturated heterocycles. The van der Waals surface area contributed by atoms with Crippen molar-refractivity contribution in [3.05, 3.63) is 0 Å². The summed E-state index contributed by atoms with van der Waals surface area (Å²) in [5.41, 5.74) is 12.7. The Morgan fingerprint density at radius 1 is 1.20 bits per heavy atom. The fourth-order valence-electron chi connectivity index (χ4n) is 3.62. The van der Waals surface area contributed by atoms with Gasteiger partial charge in [0, 0.05) is 12.1 Å². The van der Waals surface area contributed by atoms with Crippen molar-refractivity contribution >= 4 is 5.97 Å². The Balaban J connectivity index is 2.63. The standard InChI is InChI=1S/C16H32N2O2/c1-4-7-11(8-5-2)15(18)13-9-12(10-14(13)17)16(19)20-6-3/h11-15H,4-10,17-18H2,1-3H3/t12-,13-,14-,15?/m1/s1. The van der Waals surface area contributed by atoms with Gasteiger partial charge in [-0.1, -0.05) is 26.7 Å². The van der Waals surface area contributed by atoms with Crippen LogP contribution in [0.25, 0.3) is 0 Å². The van der Waals surface area contributed by atoms with Crippen molar-refractivity contribution in [2.24, 2.45) is 29.2 Å². The number of nitrogens with two attached hydrogens (primary N) is 2. The van der Waals surface area contributed by atoms with Crippen molar-refractivity contribution in [1.29, 1.82) is 0 Å². The average molecular weight is 284 g/mol. The lowest BCUT2D eigenvalue weighted by Crippen LogP contribution is -2.44. The van der Waals surface area contributed by atoms with Crippen LogP contribution >= 0.6 is 0 Å². The van der Waals surface area contributed by atoms with Gasteiger partial charge in [0.15, 0.2) is 0 Å². The van der Waals surface area contributed by atoms with Crippen molar-refractivity contribution in [1.82, 2.24) is 0 Å². The van der Waals surface area contributed by atoms with Crippen molar-refractivity contribution < 1.29 is 9.53 Å². The normalized spacial score (nSPS) is 27.8. The highest BCUT2D eigenvalue weighted by Gasteiger charge is 2.41. The molecule has 0 bridgehead atoms. The number of carbonyl (C=O) groups is 1. The van der Waals surface area contributed by atoms with E-state index in [4.69, 9.17) is 16.2 Å². The second-order valence-corrected chi connectivity index (χ2v) is 6.16. The number of ether oxygens (including phenoxy) is 1. The lowest BCUT2D eigenvalue weighted by Gasteiger charge is -2.30. The Hall–Kier alpha value is -0.610. The summed E-state index contributed by atoms with van der Waals surface area (Å²) in [5, 5.41) is 0. The smallest absolute Gasteiger partial charge is 0.308 e. The molecule has 0 aliphatic heterocycles. The maximum absolute atomic E-state index is 11.9. The minimum atomic E-state index is -0.0971. The molecule has 0 amide bonds. The molecule has 0 spiro atoms. The number of rotatable bonds is 8. The van der Waals surface area contributed by atoms with Crippen LogP contribution < -0.4 is 11.5 Å². The van der Waals surface area contributed by atoms with Crippen LogP contribution in [-0.2, 0) is 9.53 Å². The number of esters is 1. The molecule has 0 aromatic carbocycles. The van der Waals surface area contributed by atoms with Gasteiger partial charge in [0.25, 0.3) is 0 Å². The van der Waals surface area contributed by atoms with Crippen LogP contribution in [0.4, 0.5) is 0 Å². The lowest BCUT2D eigenvalue weighted by atomic mass is 9.81. The highest BCUT2D eigenvalue weighted by Crippen LogP contribution is 2.36. The van der Waals surface area contributed by atoms with Gasteiger partial charge in [0.1, 0.15) is 0 Å². The van der Waals surface area contributed by atoms with Crippen molar-refractivity contribution in [2.45, 2.75) is 71.4 Å². The first-order chi connectivity index (χ1) is 9.54. The zero-order valence-electron chi connectivity index (χ0n) is 13.3. The van der Waals surface area contributed by atoms with Crippen molar-refractivity contribution in [3.8, 4) is 0 Å². The van der Waals surface area contributed by atoms with Gasteiger partial charge in [-0.25, -0.2) is 0 Å². The molecule has 0 aromatic rings. The first-order valence-corrected chi connectivity index (χ1v) is 8.22. The van der Waals surface area contributed by atoms with Crippen LogP contribution in [0.3, 0.4) is 0 Å². The monoisotopic (exact) mass is 284 g/mol. The second-order valence-electron chi connectivity index (χ2n) is 6.16. The van der Waals surface area contributed by atoms with Gasteiger partial charge >= 0.3 is 5.97 Å². The van der Waals surface area contributed by atoms with Gasteiger partial charge in [-0.05, 0) is 44.4 Å². The summed E-state index contributed by atoms with van der Waals surface area (Å²) in [5.74, 6) is 0.639. The van der Waals surface area contributed by atoms with Gasteiger partial charge in [-0.2, -0.15) is 0 Å². The molecule has 1 rings (SSSR count).